The zero-order valence-corrected chi connectivity index (χ0v) is 16.6. The molecule has 2 aromatic carbocycles. The number of nitrogens with zero attached hydrogens (tertiary/aromatic N) is 1. The predicted molar refractivity (Wildman–Crippen MR) is 119 cm³/mol. The Bertz CT molecular complexity index is 1130. The average molecular weight is 384 g/mol. The van der Waals surface area contributed by atoms with Crippen molar-refractivity contribution < 1.29 is 4.79 Å². The maximum atomic E-state index is 12.5. The van der Waals surface area contributed by atoms with Crippen LogP contribution in [0, 0.1) is 0 Å². The van der Waals surface area contributed by atoms with Gasteiger partial charge in [0.15, 0.2) is 0 Å². The van der Waals surface area contributed by atoms with Crippen LogP contribution in [0.4, 0.5) is 17.2 Å². The Morgan fingerprint density at radius 2 is 1.83 bits per heavy atom. The van der Waals surface area contributed by atoms with Gasteiger partial charge < -0.3 is 15.6 Å². The topological polar surface area (TPSA) is 69.8 Å². The van der Waals surface area contributed by atoms with E-state index in [2.05, 4.69) is 40.5 Å². The lowest BCUT2D eigenvalue weighted by Crippen LogP contribution is -2.14. The number of nitrogens with one attached hydrogen (secondary N) is 3. The summed E-state index contributed by atoms with van der Waals surface area (Å²) in [7, 11) is 0. The Balaban J connectivity index is 1.41. The summed E-state index contributed by atoms with van der Waals surface area (Å²) in [6.45, 7) is 4.33. The first-order chi connectivity index (χ1) is 14.1. The number of carbonyl (C=O) groups is 1. The van der Waals surface area contributed by atoms with E-state index < -0.39 is 0 Å². The highest BCUT2D eigenvalue weighted by molar-refractivity contribution is 5.95. The predicted octanol–water partition coefficient (Wildman–Crippen LogP) is 5.61. The third-order valence-corrected chi connectivity index (χ3v) is 4.92. The zero-order chi connectivity index (χ0) is 20.2. The first-order valence-corrected chi connectivity index (χ1v) is 9.77. The Hall–Kier alpha value is -3.60. The van der Waals surface area contributed by atoms with Crippen molar-refractivity contribution in [2.75, 3.05) is 10.6 Å². The number of hydrogen-bond donors (Lipinski definition) is 3. The molecule has 146 valence electrons. The highest BCUT2D eigenvalue weighted by atomic mass is 16.1. The second-order valence-corrected chi connectivity index (χ2v) is 7.38. The van der Waals surface area contributed by atoms with Crippen molar-refractivity contribution in [2.24, 2.45) is 0 Å². The van der Waals surface area contributed by atoms with E-state index in [4.69, 9.17) is 0 Å². The van der Waals surface area contributed by atoms with E-state index in [0.29, 0.717) is 18.0 Å². The molecule has 0 aliphatic rings. The highest BCUT2D eigenvalue weighted by Gasteiger charge is 2.10. The van der Waals surface area contributed by atoms with E-state index in [9.17, 15) is 4.79 Å². The van der Waals surface area contributed by atoms with Crippen LogP contribution in [0.3, 0.4) is 0 Å². The molecule has 4 rings (SSSR count). The second-order valence-electron chi connectivity index (χ2n) is 7.38. The fourth-order valence-corrected chi connectivity index (χ4v) is 3.45. The van der Waals surface area contributed by atoms with Gasteiger partial charge in [-0.1, -0.05) is 50.2 Å². The van der Waals surface area contributed by atoms with Crippen LogP contribution in [0.25, 0.3) is 10.9 Å². The number of fused-ring (bicyclic) bond motifs is 1. The normalized spacial score (nSPS) is 11.0. The molecule has 3 N–H and O–H groups in total. The number of aromatic nitrogens is 2. The molecule has 0 saturated heterocycles. The van der Waals surface area contributed by atoms with Crippen molar-refractivity contribution in [3.63, 3.8) is 0 Å². The number of aromatic amines is 1. The van der Waals surface area contributed by atoms with E-state index >= 15 is 0 Å². The number of amides is 1. The number of rotatable bonds is 6. The largest absolute Gasteiger partial charge is 0.361 e. The summed E-state index contributed by atoms with van der Waals surface area (Å²) in [4.78, 5) is 20.1. The van der Waals surface area contributed by atoms with Crippen LogP contribution in [0.2, 0.25) is 0 Å². The van der Waals surface area contributed by atoms with Gasteiger partial charge in [0, 0.05) is 22.8 Å². The molecule has 4 aromatic rings. The van der Waals surface area contributed by atoms with Gasteiger partial charge in [-0.2, -0.15) is 0 Å². The van der Waals surface area contributed by atoms with E-state index in [-0.39, 0.29) is 5.91 Å². The van der Waals surface area contributed by atoms with Crippen molar-refractivity contribution in [1.82, 2.24) is 9.97 Å². The molecule has 2 aromatic heterocycles. The Morgan fingerprint density at radius 1 is 1.03 bits per heavy atom. The van der Waals surface area contributed by atoms with Gasteiger partial charge in [-0.05, 0) is 41.3 Å². The van der Waals surface area contributed by atoms with Crippen molar-refractivity contribution in [3.8, 4) is 0 Å². The standard InChI is InChI=1S/C24H24N4O/c1-16(2)19-7-3-6-10-22(19)28-23-12-11-18(15-26-23)27-24(29)13-17-14-25-21-9-5-4-8-20(17)21/h3-12,14-16,25H,13H2,1-2H3,(H,26,28)(H,27,29). The quantitative estimate of drug-likeness (QED) is 0.405. The first-order valence-electron chi connectivity index (χ1n) is 9.77. The molecule has 0 bridgehead atoms. The van der Waals surface area contributed by atoms with E-state index in [0.717, 1.165) is 28.0 Å². The fourth-order valence-electron chi connectivity index (χ4n) is 3.45. The van der Waals surface area contributed by atoms with Gasteiger partial charge in [0.25, 0.3) is 0 Å². The molecule has 0 aliphatic carbocycles. The summed E-state index contributed by atoms with van der Waals surface area (Å²) in [5.74, 6) is 1.09. The molecule has 0 saturated carbocycles. The van der Waals surface area contributed by atoms with Crippen molar-refractivity contribution in [2.45, 2.75) is 26.2 Å². The summed E-state index contributed by atoms with van der Waals surface area (Å²) in [6.07, 6.45) is 3.88. The Labute approximate surface area is 170 Å². The van der Waals surface area contributed by atoms with Crippen LogP contribution in [0.1, 0.15) is 30.9 Å². The number of H-pyrrole nitrogens is 1. The molecule has 2 heterocycles. The van der Waals surface area contributed by atoms with Gasteiger partial charge in [0.05, 0.1) is 18.3 Å². The smallest absolute Gasteiger partial charge is 0.228 e. The molecule has 0 fully saturated rings. The third-order valence-electron chi connectivity index (χ3n) is 4.92. The van der Waals surface area contributed by atoms with Gasteiger partial charge in [-0.25, -0.2) is 4.98 Å². The number of pyridine rings is 1. The minimum Gasteiger partial charge on any atom is -0.361 e. The van der Waals surface area contributed by atoms with E-state index in [1.807, 2.05) is 60.8 Å². The van der Waals surface area contributed by atoms with Crippen LogP contribution in [0.5, 0.6) is 0 Å². The van der Waals surface area contributed by atoms with Crippen LogP contribution in [-0.2, 0) is 11.2 Å². The summed E-state index contributed by atoms with van der Waals surface area (Å²) < 4.78 is 0. The van der Waals surface area contributed by atoms with Crippen LogP contribution < -0.4 is 10.6 Å². The molecule has 5 heteroatoms. The number of anilines is 3. The third kappa shape index (κ3) is 4.29. The van der Waals surface area contributed by atoms with Crippen LogP contribution in [0.15, 0.2) is 73.1 Å². The lowest BCUT2D eigenvalue weighted by atomic mass is 10.0. The van der Waals surface area contributed by atoms with Crippen LogP contribution >= 0.6 is 0 Å². The molecule has 0 unspecified atom stereocenters. The second kappa shape index (κ2) is 8.19. The summed E-state index contributed by atoms with van der Waals surface area (Å²) in [6, 6.07) is 19.9. The van der Waals surface area contributed by atoms with Gasteiger partial charge in [0.2, 0.25) is 5.91 Å². The maximum absolute atomic E-state index is 12.5. The first kappa shape index (κ1) is 18.7. The lowest BCUT2D eigenvalue weighted by molar-refractivity contribution is -0.115. The van der Waals surface area contributed by atoms with E-state index in [1.165, 1.54) is 5.56 Å². The Kier molecular flexibility index (Phi) is 5.29. The van der Waals surface area contributed by atoms with E-state index in [1.54, 1.807) is 6.20 Å². The fraction of sp³-hybridized carbons (Fsp3) is 0.167. The zero-order valence-electron chi connectivity index (χ0n) is 16.6. The number of para-hydroxylation sites is 2. The molecule has 5 nitrogen and oxygen atoms in total. The number of benzene rings is 2. The summed E-state index contributed by atoms with van der Waals surface area (Å²) in [5, 5.41) is 7.36. The average Bonchev–Trinajstić information content (AvgIpc) is 3.12. The molecular weight excluding hydrogens is 360 g/mol. The number of hydrogen-bond acceptors (Lipinski definition) is 3. The van der Waals surface area contributed by atoms with Crippen LogP contribution in [-0.4, -0.2) is 15.9 Å². The Morgan fingerprint density at radius 3 is 2.62 bits per heavy atom. The summed E-state index contributed by atoms with van der Waals surface area (Å²) in [5.41, 5.74) is 4.98. The molecule has 0 atom stereocenters. The van der Waals surface area contributed by atoms with Crippen molar-refractivity contribution in [3.05, 3.63) is 84.2 Å². The molecule has 29 heavy (non-hydrogen) atoms. The molecule has 0 spiro atoms. The molecule has 1 amide bonds. The monoisotopic (exact) mass is 384 g/mol. The lowest BCUT2D eigenvalue weighted by Gasteiger charge is -2.14. The minimum absolute atomic E-state index is 0.0672. The molecule has 0 radical (unpaired) electrons. The van der Waals surface area contributed by atoms with Crippen molar-refractivity contribution >= 4 is 34.0 Å². The minimum atomic E-state index is -0.0672. The number of carbonyl (C=O) groups excluding carboxylic acids is 1. The molecular formula is C24H24N4O. The van der Waals surface area contributed by atoms with Gasteiger partial charge in [-0.15, -0.1) is 0 Å². The highest BCUT2D eigenvalue weighted by Crippen LogP contribution is 2.26. The van der Waals surface area contributed by atoms with Gasteiger partial charge in [-0.3, -0.25) is 4.79 Å². The summed E-state index contributed by atoms with van der Waals surface area (Å²) >= 11 is 0. The van der Waals surface area contributed by atoms with Gasteiger partial charge in [0.1, 0.15) is 5.82 Å². The SMILES string of the molecule is CC(C)c1ccccc1Nc1ccc(NC(=O)Cc2c[nH]c3ccccc23)cn1. The van der Waals surface area contributed by atoms with Crippen molar-refractivity contribution in [1.29, 1.82) is 0 Å². The molecule has 0 aliphatic heterocycles. The maximum Gasteiger partial charge on any atom is 0.228 e. The van der Waals surface area contributed by atoms with Gasteiger partial charge >= 0.3 is 0 Å².